The molecule has 0 aliphatic heterocycles. The Morgan fingerprint density at radius 2 is 1.50 bits per heavy atom. The summed E-state index contributed by atoms with van der Waals surface area (Å²) >= 11 is 0. The lowest BCUT2D eigenvalue weighted by Crippen LogP contribution is -2.49. The van der Waals surface area contributed by atoms with Crippen molar-refractivity contribution in [2.75, 3.05) is 0 Å². The summed E-state index contributed by atoms with van der Waals surface area (Å²) < 4.78 is 0. The fourth-order valence-electron chi connectivity index (χ4n) is 6.64. The third-order valence-electron chi connectivity index (χ3n) is 8.39. The monoisotopic (exact) mass is 410 g/mol. The van der Waals surface area contributed by atoms with E-state index in [-0.39, 0.29) is 0 Å². The Bertz CT molecular complexity index is 664. The van der Waals surface area contributed by atoms with Crippen LogP contribution in [0.3, 0.4) is 0 Å². The van der Waals surface area contributed by atoms with Crippen molar-refractivity contribution in [3.8, 4) is 0 Å². The number of fused-ring (bicyclic) bond motifs is 1. The molecule has 0 nitrogen and oxygen atoms in total. The fourth-order valence-corrected chi connectivity index (χ4v) is 6.64. The summed E-state index contributed by atoms with van der Waals surface area (Å²) in [6, 6.07) is 0. The van der Waals surface area contributed by atoms with Crippen molar-refractivity contribution in [2.45, 2.75) is 119 Å². The minimum absolute atomic E-state index is 0.476. The van der Waals surface area contributed by atoms with Crippen LogP contribution in [0.4, 0.5) is 0 Å². The van der Waals surface area contributed by atoms with Crippen molar-refractivity contribution in [1.29, 1.82) is 0 Å². The third-order valence-corrected chi connectivity index (χ3v) is 8.39. The standard InChI is InChI=1S/C30H50/c1-23(2)13-9-14-24(3)15-10-16-25(4)17-11-18-27-26(5)19-20-28-29(6,7)21-12-22-30(27,28)8/h13,15,17,27-28H,5,9-12,14,16,18-22H2,1-4,6-8H3. The van der Waals surface area contributed by atoms with Crippen LogP contribution in [-0.4, -0.2) is 0 Å². The summed E-state index contributed by atoms with van der Waals surface area (Å²) in [7, 11) is 0. The summed E-state index contributed by atoms with van der Waals surface area (Å²) in [6.45, 7) is 21.2. The smallest absolute Gasteiger partial charge is 0.0146 e. The lowest BCUT2D eigenvalue weighted by atomic mass is 9.47. The molecule has 0 spiro atoms. The molecule has 0 aromatic rings. The van der Waals surface area contributed by atoms with E-state index in [2.05, 4.69) is 73.3 Å². The van der Waals surface area contributed by atoms with Gasteiger partial charge in [0.2, 0.25) is 0 Å². The Hall–Kier alpha value is -1.04. The van der Waals surface area contributed by atoms with Gasteiger partial charge in [-0.3, -0.25) is 0 Å². The van der Waals surface area contributed by atoms with Crippen molar-refractivity contribution >= 4 is 0 Å². The van der Waals surface area contributed by atoms with E-state index < -0.39 is 0 Å². The molecule has 0 amide bonds. The van der Waals surface area contributed by atoms with Gasteiger partial charge in [0, 0.05) is 0 Å². The Morgan fingerprint density at radius 1 is 0.900 bits per heavy atom. The predicted octanol–water partition coefficient (Wildman–Crippen LogP) is 9.98. The number of hydrogen-bond acceptors (Lipinski definition) is 0. The largest absolute Gasteiger partial charge is 0.0996 e. The first-order chi connectivity index (χ1) is 14.1. The van der Waals surface area contributed by atoms with Gasteiger partial charge in [0.1, 0.15) is 0 Å². The number of hydrogen-bond donors (Lipinski definition) is 0. The van der Waals surface area contributed by atoms with E-state index in [1.165, 1.54) is 81.8 Å². The van der Waals surface area contributed by atoms with E-state index in [1.807, 2.05) is 0 Å². The quantitative estimate of drug-likeness (QED) is 0.332. The topological polar surface area (TPSA) is 0 Å². The van der Waals surface area contributed by atoms with E-state index in [0.29, 0.717) is 10.8 Å². The molecule has 170 valence electrons. The molecule has 0 heterocycles. The Labute approximate surface area is 189 Å². The lowest BCUT2D eigenvalue weighted by Gasteiger charge is -2.58. The predicted molar refractivity (Wildman–Crippen MR) is 136 cm³/mol. The van der Waals surface area contributed by atoms with Crippen LogP contribution in [0.1, 0.15) is 119 Å². The highest BCUT2D eigenvalue weighted by atomic mass is 14.6. The van der Waals surface area contributed by atoms with E-state index in [4.69, 9.17) is 0 Å². The zero-order valence-corrected chi connectivity index (χ0v) is 21.4. The molecular formula is C30H50. The Morgan fingerprint density at radius 3 is 2.13 bits per heavy atom. The summed E-state index contributed by atoms with van der Waals surface area (Å²) in [4.78, 5) is 0. The molecule has 2 saturated carbocycles. The van der Waals surface area contributed by atoms with Gasteiger partial charge in [-0.25, -0.2) is 0 Å². The average Bonchev–Trinajstić information content (AvgIpc) is 2.63. The molecule has 30 heavy (non-hydrogen) atoms. The van der Waals surface area contributed by atoms with Crippen molar-refractivity contribution in [3.63, 3.8) is 0 Å². The van der Waals surface area contributed by atoms with Crippen LogP contribution in [0.15, 0.2) is 47.1 Å². The van der Waals surface area contributed by atoms with Gasteiger partial charge >= 0.3 is 0 Å². The van der Waals surface area contributed by atoms with Crippen molar-refractivity contribution < 1.29 is 0 Å². The number of rotatable bonds is 9. The molecule has 2 rings (SSSR count). The molecule has 0 radical (unpaired) electrons. The lowest BCUT2D eigenvalue weighted by molar-refractivity contribution is -0.0537. The molecule has 3 unspecified atom stereocenters. The van der Waals surface area contributed by atoms with E-state index >= 15 is 0 Å². The molecule has 0 bridgehead atoms. The van der Waals surface area contributed by atoms with Crippen LogP contribution < -0.4 is 0 Å². The van der Waals surface area contributed by atoms with Gasteiger partial charge in [0.15, 0.2) is 0 Å². The SMILES string of the molecule is C=C1CCC2C(C)(C)CCCC2(C)C1CCC=C(C)CCC=C(C)CCC=C(C)C. The Kier molecular flexibility index (Phi) is 9.26. The molecule has 0 saturated heterocycles. The molecular weight excluding hydrogens is 360 g/mol. The van der Waals surface area contributed by atoms with E-state index in [1.54, 1.807) is 11.1 Å². The fraction of sp³-hybridized carbons (Fsp3) is 0.733. The molecule has 0 heteroatoms. The third kappa shape index (κ3) is 6.73. The second-order valence-corrected chi connectivity index (χ2v) is 11.7. The van der Waals surface area contributed by atoms with Crippen LogP contribution in [0.2, 0.25) is 0 Å². The normalized spacial score (nSPS) is 29.5. The van der Waals surface area contributed by atoms with Gasteiger partial charge in [0.25, 0.3) is 0 Å². The summed E-state index contributed by atoms with van der Waals surface area (Å²) in [6.07, 6.45) is 21.5. The summed E-state index contributed by atoms with van der Waals surface area (Å²) in [5.41, 5.74) is 7.07. The van der Waals surface area contributed by atoms with Gasteiger partial charge in [0.05, 0.1) is 0 Å². The van der Waals surface area contributed by atoms with Crippen molar-refractivity contribution in [1.82, 2.24) is 0 Å². The maximum Gasteiger partial charge on any atom is -0.0146 e. The molecule has 3 atom stereocenters. The molecule has 0 aromatic carbocycles. The zero-order chi connectivity index (χ0) is 22.4. The van der Waals surface area contributed by atoms with Crippen molar-refractivity contribution in [3.05, 3.63) is 47.1 Å². The van der Waals surface area contributed by atoms with Gasteiger partial charge in [-0.05, 0) is 115 Å². The molecule has 2 aliphatic rings. The zero-order valence-electron chi connectivity index (χ0n) is 21.4. The first-order valence-corrected chi connectivity index (χ1v) is 12.7. The van der Waals surface area contributed by atoms with Crippen molar-refractivity contribution in [2.24, 2.45) is 22.7 Å². The van der Waals surface area contributed by atoms with Gasteiger partial charge in [-0.15, -0.1) is 0 Å². The van der Waals surface area contributed by atoms with Gasteiger partial charge in [-0.1, -0.05) is 74.3 Å². The highest BCUT2D eigenvalue weighted by Crippen LogP contribution is 2.61. The first-order valence-electron chi connectivity index (χ1n) is 12.7. The van der Waals surface area contributed by atoms with Crippen LogP contribution in [0, 0.1) is 22.7 Å². The Balaban J connectivity index is 1.85. The molecule has 0 aromatic heterocycles. The second-order valence-electron chi connectivity index (χ2n) is 11.7. The maximum absolute atomic E-state index is 4.55. The highest BCUT2D eigenvalue weighted by Gasteiger charge is 2.52. The minimum atomic E-state index is 0.476. The average molecular weight is 411 g/mol. The molecule has 0 N–H and O–H groups in total. The molecule has 2 fully saturated rings. The maximum atomic E-state index is 4.55. The van der Waals surface area contributed by atoms with E-state index in [0.717, 1.165) is 11.8 Å². The van der Waals surface area contributed by atoms with Crippen LogP contribution in [0.5, 0.6) is 0 Å². The second kappa shape index (κ2) is 11.0. The minimum Gasteiger partial charge on any atom is -0.0996 e. The van der Waals surface area contributed by atoms with Crippen LogP contribution in [0.25, 0.3) is 0 Å². The van der Waals surface area contributed by atoms with Crippen LogP contribution in [-0.2, 0) is 0 Å². The van der Waals surface area contributed by atoms with Gasteiger partial charge in [-0.2, -0.15) is 0 Å². The van der Waals surface area contributed by atoms with E-state index in [9.17, 15) is 0 Å². The summed E-state index contributed by atoms with van der Waals surface area (Å²) in [5, 5.41) is 0. The first kappa shape index (κ1) is 25.2. The van der Waals surface area contributed by atoms with Gasteiger partial charge < -0.3 is 0 Å². The number of allylic oxidation sites excluding steroid dienone is 7. The highest BCUT2D eigenvalue weighted by molar-refractivity contribution is 5.16. The molecule has 2 aliphatic carbocycles. The summed E-state index contributed by atoms with van der Waals surface area (Å²) in [5.74, 6) is 1.59. The van der Waals surface area contributed by atoms with Crippen LogP contribution >= 0.6 is 0 Å².